The topological polar surface area (TPSA) is 49.0 Å². The Balaban J connectivity index is 2.41. The molecular formula is C12H7N3S. The Morgan fingerprint density at radius 2 is 2.06 bits per heavy atom. The molecule has 1 aromatic heterocycles. The van der Waals surface area contributed by atoms with Crippen LogP contribution in [-0.4, -0.2) is 17.1 Å². The van der Waals surface area contributed by atoms with E-state index in [0.29, 0.717) is 4.88 Å². The van der Waals surface area contributed by atoms with Gasteiger partial charge >= 0.3 is 0 Å². The van der Waals surface area contributed by atoms with Crippen LogP contribution in [0.25, 0.3) is 11.3 Å². The maximum Gasteiger partial charge on any atom is 0.135 e. The fourth-order valence-electron chi connectivity index (χ4n) is 2.03. The van der Waals surface area contributed by atoms with Crippen molar-refractivity contribution >= 4 is 17.2 Å². The second-order valence-electron chi connectivity index (χ2n) is 3.46. The summed E-state index contributed by atoms with van der Waals surface area (Å²) in [5.74, 6) is 0. The molecule has 0 amide bonds. The zero-order chi connectivity index (χ0) is 11.1. The normalized spacial score (nSPS) is 14.6. The van der Waals surface area contributed by atoms with Crippen LogP contribution < -0.4 is 0 Å². The molecule has 76 valence electrons. The van der Waals surface area contributed by atoms with E-state index >= 15 is 0 Å². The van der Waals surface area contributed by atoms with Crippen molar-refractivity contribution in [2.75, 3.05) is 7.05 Å². The van der Waals surface area contributed by atoms with Crippen molar-refractivity contribution in [3.05, 3.63) is 40.3 Å². The van der Waals surface area contributed by atoms with Crippen LogP contribution in [0.15, 0.2) is 29.3 Å². The van der Waals surface area contributed by atoms with Gasteiger partial charge in [0, 0.05) is 18.2 Å². The number of hydrogen-bond acceptors (Lipinski definition) is 4. The first-order valence-corrected chi connectivity index (χ1v) is 5.61. The molecule has 0 N–H and O–H groups in total. The van der Waals surface area contributed by atoms with E-state index < -0.39 is 0 Å². The molecule has 3 rings (SSSR count). The number of benzene rings is 1. The van der Waals surface area contributed by atoms with E-state index in [-0.39, 0.29) is 0 Å². The summed E-state index contributed by atoms with van der Waals surface area (Å²) in [4.78, 5) is 4.93. The molecule has 0 spiro atoms. The third-order valence-corrected chi connectivity index (χ3v) is 3.44. The van der Waals surface area contributed by atoms with Gasteiger partial charge in [-0.05, 0) is 11.5 Å². The molecule has 0 unspecified atom stereocenters. The average Bonchev–Trinajstić information content (AvgIpc) is 2.86. The first-order chi connectivity index (χ1) is 7.86. The second kappa shape index (κ2) is 3.26. The molecule has 1 aliphatic rings. The van der Waals surface area contributed by atoms with Gasteiger partial charge in [0.15, 0.2) is 0 Å². The minimum Gasteiger partial charge on any atom is -0.287 e. The Morgan fingerprint density at radius 3 is 2.75 bits per heavy atom. The van der Waals surface area contributed by atoms with Crippen LogP contribution in [0.3, 0.4) is 0 Å². The smallest absolute Gasteiger partial charge is 0.135 e. The molecule has 0 bridgehead atoms. The van der Waals surface area contributed by atoms with Crippen molar-refractivity contribution in [3.63, 3.8) is 0 Å². The van der Waals surface area contributed by atoms with E-state index in [2.05, 4.69) is 15.4 Å². The Labute approximate surface area is 96.9 Å². The zero-order valence-electron chi connectivity index (χ0n) is 8.56. The standard InChI is InChI=1S/C12H7N3S/c1-14-11-7-4-2-3-5-8(7)12-10(11)9(6-13)16-15-12/h2-5H,1H3. The number of aliphatic imine (C=N–C) groups is 1. The molecule has 2 aromatic rings. The highest BCUT2D eigenvalue weighted by Gasteiger charge is 2.29. The lowest BCUT2D eigenvalue weighted by Gasteiger charge is -1.98. The molecule has 0 aliphatic heterocycles. The second-order valence-corrected chi connectivity index (χ2v) is 4.24. The molecular weight excluding hydrogens is 218 g/mol. The van der Waals surface area contributed by atoms with E-state index in [1.807, 2.05) is 24.3 Å². The predicted molar refractivity (Wildman–Crippen MR) is 63.8 cm³/mol. The summed E-state index contributed by atoms with van der Waals surface area (Å²) in [6, 6.07) is 10.2. The molecule has 0 fully saturated rings. The lowest BCUT2D eigenvalue weighted by Crippen LogP contribution is -1.98. The summed E-state index contributed by atoms with van der Waals surface area (Å²) >= 11 is 1.24. The Kier molecular flexibility index (Phi) is 1.88. The van der Waals surface area contributed by atoms with E-state index in [0.717, 1.165) is 28.1 Å². The molecule has 1 aromatic carbocycles. The van der Waals surface area contributed by atoms with E-state index in [1.165, 1.54) is 11.5 Å². The predicted octanol–water partition coefficient (Wildman–Crippen LogP) is 2.46. The summed E-state index contributed by atoms with van der Waals surface area (Å²) < 4.78 is 4.35. The highest BCUT2D eigenvalue weighted by atomic mass is 32.1. The van der Waals surface area contributed by atoms with Gasteiger partial charge in [-0.2, -0.15) is 9.64 Å². The van der Waals surface area contributed by atoms with Crippen LogP contribution in [0, 0.1) is 11.3 Å². The quantitative estimate of drug-likeness (QED) is 0.590. The Morgan fingerprint density at radius 1 is 1.31 bits per heavy atom. The van der Waals surface area contributed by atoms with Gasteiger partial charge in [-0.15, -0.1) is 0 Å². The van der Waals surface area contributed by atoms with Crippen LogP contribution in [0.5, 0.6) is 0 Å². The molecule has 3 nitrogen and oxygen atoms in total. The summed E-state index contributed by atoms with van der Waals surface area (Å²) in [5, 5.41) is 9.05. The van der Waals surface area contributed by atoms with Crippen LogP contribution in [0.4, 0.5) is 0 Å². The minimum atomic E-state index is 0.645. The van der Waals surface area contributed by atoms with Gasteiger partial charge < -0.3 is 0 Å². The molecule has 0 atom stereocenters. The first-order valence-electron chi connectivity index (χ1n) is 4.83. The maximum absolute atomic E-state index is 9.05. The largest absolute Gasteiger partial charge is 0.287 e. The molecule has 0 radical (unpaired) electrons. The number of rotatable bonds is 0. The van der Waals surface area contributed by atoms with Crippen molar-refractivity contribution in [1.82, 2.24) is 4.37 Å². The number of nitrogens with zero attached hydrogens (tertiary/aromatic N) is 3. The fourth-order valence-corrected chi connectivity index (χ4v) is 2.73. The van der Waals surface area contributed by atoms with Gasteiger partial charge in [0.2, 0.25) is 0 Å². The van der Waals surface area contributed by atoms with Crippen molar-refractivity contribution in [1.29, 1.82) is 5.26 Å². The van der Waals surface area contributed by atoms with E-state index in [1.54, 1.807) is 7.05 Å². The number of fused-ring (bicyclic) bond motifs is 3. The molecule has 4 heteroatoms. The van der Waals surface area contributed by atoms with Crippen molar-refractivity contribution < 1.29 is 0 Å². The minimum absolute atomic E-state index is 0.645. The van der Waals surface area contributed by atoms with Crippen molar-refractivity contribution in [3.8, 4) is 17.3 Å². The maximum atomic E-state index is 9.05. The van der Waals surface area contributed by atoms with Gasteiger partial charge in [-0.3, -0.25) is 4.99 Å². The lowest BCUT2D eigenvalue weighted by molar-refractivity contribution is 1.43. The van der Waals surface area contributed by atoms with Gasteiger partial charge in [-0.25, -0.2) is 0 Å². The van der Waals surface area contributed by atoms with Crippen molar-refractivity contribution in [2.24, 2.45) is 4.99 Å². The molecule has 0 saturated carbocycles. The zero-order valence-corrected chi connectivity index (χ0v) is 9.38. The molecule has 0 saturated heterocycles. The number of nitriles is 1. The fraction of sp³-hybridized carbons (Fsp3) is 0.0833. The third-order valence-electron chi connectivity index (χ3n) is 2.69. The van der Waals surface area contributed by atoms with Crippen LogP contribution >= 0.6 is 11.5 Å². The Hall–Kier alpha value is -1.99. The highest BCUT2D eigenvalue weighted by molar-refractivity contribution is 7.07. The SMILES string of the molecule is CN=C1c2ccccc2-c2nsc(C#N)c21. The van der Waals surface area contributed by atoms with Gasteiger partial charge in [0.1, 0.15) is 10.9 Å². The van der Waals surface area contributed by atoms with Gasteiger partial charge in [0.25, 0.3) is 0 Å². The number of hydrogen-bond donors (Lipinski definition) is 0. The van der Waals surface area contributed by atoms with E-state index in [4.69, 9.17) is 5.26 Å². The van der Waals surface area contributed by atoms with Gasteiger partial charge in [0.05, 0.1) is 17.0 Å². The first kappa shape index (κ1) is 9.25. The summed E-state index contributed by atoms with van der Waals surface area (Å²) in [7, 11) is 1.75. The summed E-state index contributed by atoms with van der Waals surface area (Å²) in [6.07, 6.45) is 0. The Bertz CT molecular complexity index is 647. The average molecular weight is 225 g/mol. The van der Waals surface area contributed by atoms with E-state index in [9.17, 15) is 0 Å². The summed E-state index contributed by atoms with van der Waals surface area (Å²) in [5.41, 5.74) is 4.84. The molecule has 16 heavy (non-hydrogen) atoms. The van der Waals surface area contributed by atoms with Crippen LogP contribution in [-0.2, 0) is 0 Å². The molecule has 1 aliphatic carbocycles. The van der Waals surface area contributed by atoms with Crippen molar-refractivity contribution in [2.45, 2.75) is 0 Å². The third kappa shape index (κ3) is 1.01. The highest BCUT2D eigenvalue weighted by Crippen LogP contribution is 2.39. The van der Waals surface area contributed by atoms with Crippen LogP contribution in [0.1, 0.15) is 16.0 Å². The number of aromatic nitrogens is 1. The van der Waals surface area contributed by atoms with Crippen LogP contribution in [0.2, 0.25) is 0 Å². The van der Waals surface area contributed by atoms with Gasteiger partial charge in [-0.1, -0.05) is 24.3 Å². The summed E-state index contributed by atoms with van der Waals surface area (Å²) in [6.45, 7) is 0. The molecule has 1 heterocycles. The monoisotopic (exact) mass is 225 g/mol. The lowest BCUT2D eigenvalue weighted by atomic mass is 10.1.